The Morgan fingerprint density at radius 1 is 1.07 bits per heavy atom. The van der Waals surface area contributed by atoms with Crippen LogP contribution in [0.1, 0.15) is 39.0 Å². The fourth-order valence-corrected chi connectivity index (χ4v) is 0.901. The highest BCUT2D eigenvalue weighted by molar-refractivity contribution is 5.59. The molecule has 14 heavy (non-hydrogen) atoms. The van der Waals surface area contributed by atoms with E-state index in [1.165, 1.54) is 0 Å². The van der Waals surface area contributed by atoms with Gasteiger partial charge in [-0.1, -0.05) is 19.8 Å². The molecule has 3 nitrogen and oxygen atoms in total. The number of ether oxygens (including phenoxy) is 2. The van der Waals surface area contributed by atoms with Gasteiger partial charge in [-0.3, -0.25) is 4.39 Å². The van der Waals surface area contributed by atoms with Crippen molar-refractivity contribution in [1.82, 2.24) is 0 Å². The Bertz CT molecular complexity index is 125. The molecule has 0 saturated carbocycles. The van der Waals surface area contributed by atoms with Crippen molar-refractivity contribution in [3.05, 3.63) is 0 Å². The van der Waals surface area contributed by atoms with Gasteiger partial charge in [0.2, 0.25) is 0 Å². The zero-order chi connectivity index (χ0) is 10.6. The summed E-state index contributed by atoms with van der Waals surface area (Å²) in [5, 5.41) is 0. The highest BCUT2D eigenvalue weighted by Crippen LogP contribution is 1.97. The van der Waals surface area contributed by atoms with Crippen molar-refractivity contribution in [3.63, 3.8) is 0 Å². The summed E-state index contributed by atoms with van der Waals surface area (Å²) < 4.78 is 21.1. The molecule has 0 N–H and O–H groups in total. The molecule has 0 heterocycles. The molecule has 0 bridgehead atoms. The van der Waals surface area contributed by atoms with Crippen molar-refractivity contribution >= 4 is 6.16 Å². The summed E-state index contributed by atoms with van der Waals surface area (Å²) in [6.45, 7) is 2.37. The van der Waals surface area contributed by atoms with E-state index in [9.17, 15) is 9.18 Å². The molecule has 0 rings (SSSR count). The van der Waals surface area contributed by atoms with Gasteiger partial charge in [-0.05, 0) is 19.3 Å². The van der Waals surface area contributed by atoms with Crippen LogP contribution < -0.4 is 0 Å². The van der Waals surface area contributed by atoms with Crippen molar-refractivity contribution in [3.8, 4) is 0 Å². The molecule has 0 aromatic rings. The van der Waals surface area contributed by atoms with Crippen molar-refractivity contribution in [1.29, 1.82) is 0 Å². The zero-order valence-corrected chi connectivity index (χ0v) is 8.76. The first-order valence-corrected chi connectivity index (χ1v) is 5.16. The predicted molar refractivity (Wildman–Crippen MR) is 52.0 cm³/mol. The zero-order valence-electron chi connectivity index (χ0n) is 8.76. The SMILES string of the molecule is CCCCCOC(=O)OCCCCF. The third kappa shape index (κ3) is 9.29. The maximum atomic E-state index is 11.6. The van der Waals surface area contributed by atoms with Crippen LogP contribution in [-0.4, -0.2) is 26.0 Å². The molecule has 0 fully saturated rings. The minimum Gasteiger partial charge on any atom is -0.434 e. The van der Waals surface area contributed by atoms with E-state index in [2.05, 4.69) is 6.92 Å². The molecular weight excluding hydrogens is 187 g/mol. The lowest BCUT2D eigenvalue weighted by molar-refractivity contribution is 0.0527. The summed E-state index contributed by atoms with van der Waals surface area (Å²) in [7, 11) is 0. The maximum Gasteiger partial charge on any atom is 0.508 e. The second-order valence-electron chi connectivity index (χ2n) is 3.05. The van der Waals surface area contributed by atoms with Gasteiger partial charge in [0.1, 0.15) is 0 Å². The van der Waals surface area contributed by atoms with Crippen LogP contribution >= 0.6 is 0 Å². The Kier molecular flexibility index (Phi) is 9.69. The van der Waals surface area contributed by atoms with E-state index in [4.69, 9.17) is 9.47 Å². The molecule has 0 amide bonds. The van der Waals surface area contributed by atoms with Crippen molar-refractivity contribution in [2.75, 3.05) is 19.9 Å². The first-order chi connectivity index (χ1) is 6.81. The van der Waals surface area contributed by atoms with Crippen LogP contribution in [0, 0.1) is 0 Å². The Morgan fingerprint density at radius 3 is 2.14 bits per heavy atom. The van der Waals surface area contributed by atoms with Crippen LogP contribution in [0.15, 0.2) is 0 Å². The Balaban J connectivity index is 3.11. The molecule has 84 valence electrons. The quantitative estimate of drug-likeness (QED) is 0.452. The van der Waals surface area contributed by atoms with Crippen molar-refractivity contribution < 1.29 is 18.7 Å². The molecule has 0 aliphatic heterocycles. The molecule has 0 atom stereocenters. The first kappa shape index (κ1) is 13.2. The third-order valence-corrected chi connectivity index (χ3v) is 1.72. The van der Waals surface area contributed by atoms with Gasteiger partial charge in [-0.15, -0.1) is 0 Å². The summed E-state index contributed by atoms with van der Waals surface area (Å²) in [5.74, 6) is 0. The highest BCUT2D eigenvalue weighted by Gasteiger charge is 2.02. The molecule has 0 saturated heterocycles. The van der Waals surface area contributed by atoms with Crippen LogP contribution in [0.4, 0.5) is 9.18 Å². The number of carbonyl (C=O) groups is 1. The molecule has 0 aromatic heterocycles. The van der Waals surface area contributed by atoms with E-state index in [1.807, 2.05) is 0 Å². The van der Waals surface area contributed by atoms with Gasteiger partial charge in [-0.2, -0.15) is 0 Å². The number of hydrogen-bond acceptors (Lipinski definition) is 3. The molecule has 0 aromatic carbocycles. The van der Waals surface area contributed by atoms with E-state index in [1.54, 1.807) is 0 Å². The number of unbranched alkanes of at least 4 members (excludes halogenated alkanes) is 3. The van der Waals surface area contributed by atoms with Crippen molar-refractivity contribution in [2.24, 2.45) is 0 Å². The average Bonchev–Trinajstić information content (AvgIpc) is 2.19. The van der Waals surface area contributed by atoms with Gasteiger partial charge < -0.3 is 9.47 Å². The van der Waals surface area contributed by atoms with Gasteiger partial charge in [0.05, 0.1) is 19.9 Å². The lowest BCUT2D eigenvalue weighted by Gasteiger charge is -2.04. The van der Waals surface area contributed by atoms with Crippen LogP contribution in [-0.2, 0) is 9.47 Å². The monoisotopic (exact) mass is 206 g/mol. The van der Waals surface area contributed by atoms with E-state index < -0.39 is 6.16 Å². The number of rotatable bonds is 8. The molecular formula is C10H19FO3. The Hall–Kier alpha value is -0.800. The summed E-state index contributed by atoms with van der Waals surface area (Å²) in [6, 6.07) is 0. The summed E-state index contributed by atoms with van der Waals surface area (Å²) in [6.07, 6.45) is 3.36. The van der Waals surface area contributed by atoms with Gasteiger partial charge in [0, 0.05) is 0 Å². The Morgan fingerprint density at radius 2 is 1.64 bits per heavy atom. The van der Waals surface area contributed by atoms with Crippen molar-refractivity contribution in [2.45, 2.75) is 39.0 Å². The second-order valence-corrected chi connectivity index (χ2v) is 3.05. The van der Waals surface area contributed by atoms with Gasteiger partial charge in [0.25, 0.3) is 0 Å². The minimum atomic E-state index is -0.639. The van der Waals surface area contributed by atoms with E-state index in [0.717, 1.165) is 19.3 Å². The normalized spacial score (nSPS) is 9.86. The first-order valence-electron chi connectivity index (χ1n) is 5.16. The molecule has 0 spiro atoms. The topological polar surface area (TPSA) is 35.5 Å². The molecule has 0 aliphatic rings. The van der Waals surface area contributed by atoms with Gasteiger partial charge >= 0.3 is 6.16 Å². The van der Waals surface area contributed by atoms with Crippen LogP contribution in [0.2, 0.25) is 0 Å². The number of carbonyl (C=O) groups excluding carboxylic acids is 1. The number of halogens is 1. The molecule has 0 radical (unpaired) electrons. The average molecular weight is 206 g/mol. The lowest BCUT2D eigenvalue weighted by atomic mass is 10.3. The maximum absolute atomic E-state index is 11.6. The summed E-state index contributed by atoms with van der Waals surface area (Å²) in [5.41, 5.74) is 0. The lowest BCUT2D eigenvalue weighted by Crippen LogP contribution is -2.09. The standard InChI is InChI=1S/C10H19FO3/c1-2-3-5-8-13-10(12)14-9-6-4-7-11/h2-9H2,1H3. The molecule has 0 aliphatic carbocycles. The third-order valence-electron chi connectivity index (χ3n) is 1.72. The summed E-state index contributed by atoms with van der Waals surface area (Å²) in [4.78, 5) is 10.8. The van der Waals surface area contributed by atoms with Crippen LogP contribution in [0.25, 0.3) is 0 Å². The predicted octanol–water partition coefficient (Wildman–Crippen LogP) is 3.08. The Labute approximate surface area is 84.6 Å². The van der Waals surface area contributed by atoms with Crippen LogP contribution in [0.3, 0.4) is 0 Å². The van der Waals surface area contributed by atoms with E-state index >= 15 is 0 Å². The molecule has 4 heteroatoms. The number of hydrogen-bond donors (Lipinski definition) is 0. The summed E-state index contributed by atoms with van der Waals surface area (Å²) >= 11 is 0. The smallest absolute Gasteiger partial charge is 0.434 e. The largest absolute Gasteiger partial charge is 0.508 e. The van der Waals surface area contributed by atoms with Crippen LogP contribution in [0.5, 0.6) is 0 Å². The molecule has 0 unspecified atom stereocenters. The fraction of sp³-hybridized carbons (Fsp3) is 0.900. The minimum absolute atomic E-state index is 0.247. The van der Waals surface area contributed by atoms with E-state index in [-0.39, 0.29) is 13.3 Å². The van der Waals surface area contributed by atoms with Gasteiger partial charge in [0.15, 0.2) is 0 Å². The van der Waals surface area contributed by atoms with Gasteiger partial charge in [-0.25, -0.2) is 4.79 Å². The highest BCUT2D eigenvalue weighted by atomic mass is 19.1. The van der Waals surface area contributed by atoms with E-state index in [0.29, 0.717) is 19.4 Å². The second kappa shape index (κ2) is 10.3. The number of alkyl halides is 1. The fourth-order valence-electron chi connectivity index (χ4n) is 0.901.